The summed E-state index contributed by atoms with van der Waals surface area (Å²) in [5.74, 6) is -2.91. The Balaban J connectivity index is 1.92. The molecule has 1 atom stereocenters. The molecule has 2 N–H and O–H groups in total. The fourth-order valence-electron chi connectivity index (χ4n) is 3.51. The molecule has 0 aliphatic carbocycles. The van der Waals surface area contributed by atoms with Gasteiger partial charge in [0.2, 0.25) is 5.76 Å². The average molecular weight is 489 g/mol. The summed E-state index contributed by atoms with van der Waals surface area (Å²) in [5.41, 5.74) is 0.552. The number of Topliss-reactive ketones (excluding diaryl/α,β-unsaturated/α-hetero) is 1. The van der Waals surface area contributed by atoms with E-state index in [4.69, 9.17) is 9.26 Å². The van der Waals surface area contributed by atoms with Crippen LogP contribution < -0.4 is 16.1 Å². The molecule has 0 saturated carbocycles. The summed E-state index contributed by atoms with van der Waals surface area (Å²) < 4.78 is 39.4. The number of H-pyrrole nitrogens is 1. The van der Waals surface area contributed by atoms with Gasteiger partial charge in [-0.2, -0.15) is 5.16 Å². The molecule has 1 amide bonds. The van der Waals surface area contributed by atoms with Crippen LogP contribution in [0, 0.1) is 11.6 Å². The lowest BCUT2D eigenvalue weighted by Crippen LogP contribution is -2.40. The zero-order valence-electron chi connectivity index (χ0n) is 19.3. The Bertz CT molecular complexity index is 1250. The summed E-state index contributed by atoms with van der Waals surface area (Å²) >= 11 is 0. The first-order valence-electron chi connectivity index (χ1n) is 10.6. The van der Waals surface area contributed by atoms with Gasteiger partial charge in [0.05, 0.1) is 20.7 Å². The van der Waals surface area contributed by atoms with Crippen molar-refractivity contribution < 1.29 is 27.6 Å². The summed E-state index contributed by atoms with van der Waals surface area (Å²) in [6, 6.07) is 8.69. The van der Waals surface area contributed by atoms with Gasteiger partial charge in [0, 0.05) is 13.5 Å². The smallest absolute Gasteiger partial charge is 0.290 e. The Morgan fingerprint density at radius 2 is 1.76 bits per heavy atom. The SMILES string of the molecule is COCc1ccc([C@@H](NC(=O)c2cc(=O)[nH]o2)C(=O)Cc2cc(F)c([Si](C)(C)C)cc2F)cc1. The van der Waals surface area contributed by atoms with Gasteiger partial charge in [-0.05, 0) is 34.0 Å². The van der Waals surface area contributed by atoms with Gasteiger partial charge in [0.15, 0.2) is 5.78 Å². The van der Waals surface area contributed by atoms with Crippen LogP contribution in [0.25, 0.3) is 0 Å². The van der Waals surface area contributed by atoms with Crippen molar-refractivity contribution in [3.8, 4) is 0 Å². The van der Waals surface area contributed by atoms with Crippen molar-refractivity contribution in [1.82, 2.24) is 10.5 Å². The number of ether oxygens (including phenoxy) is 1. The summed E-state index contributed by atoms with van der Waals surface area (Å²) in [5, 5.41) is 4.86. The standard InChI is InChI=1S/C24H26F2N2O5Si/c1-32-13-14-5-7-15(8-6-14)23(27-24(31)20-12-22(30)28-33-20)19(29)10-16-9-18(26)21(11-17(16)25)34(2,3)4/h5-9,11-12,23H,10,13H2,1-4H3,(H,27,31)(H,28,30)/t23-/m1/s1. The summed E-state index contributed by atoms with van der Waals surface area (Å²) in [6.45, 7) is 6.04. The minimum absolute atomic E-state index is 0.104. The molecule has 3 aromatic rings. The lowest BCUT2D eigenvalue weighted by atomic mass is 9.96. The Morgan fingerprint density at radius 1 is 1.09 bits per heavy atom. The second kappa shape index (κ2) is 10.3. The van der Waals surface area contributed by atoms with E-state index < -0.39 is 49.4 Å². The highest BCUT2D eigenvalue weighted by Gasteiger charge is 2.28. The number of nitrogens with one attached hydrogen (secondary N) is 2. The number of carbonyl (C=O) groups is 2. The Morgan fingerprint density at radius 3 is 2.32 bits per heavy atom. The third-order valence-corrected chi connectivity index (χ3v) is 7.28. The second-order valence-corrected chi connectivity index (χ2v) is 14.0. The lowest BCUT2D eigenvalue weighted by molar-refractivity contribution is -0.120. The number of benzene rings is 2. The van der Waals surface area contributed by atoms with Gasteiger partial charge in [-0.15, -0.1) is 0 Å². The van der Waals surface area contributed by atoms with E-state index in [0.29, 0.717) is 17.4 Å². The minimum atomic E-state index is -2.12. The van der Waals surface area contributed by atoms with Crippen LogP contribution in [0.1, 0.15) is 33.3 Å². The zero-order chi connectivity index (χ0) is 25.0. The highest BCUT2D eigenvalue weighted by Crippen LogP contribution is 2.21. The van der Waals surface area contributed by atoms with E-state index in [0.717, 1.165) is 23.8 Å². The number of halogens is 2. The molecule has 0 unspecified atom stereocenters. The highest BCUT2D eigenvalue weighted by molar-refractivity contribution is 6.88. The maximum absolute atomic E-state index is 14.8. The van der Waals surface area contributed by atoms with Crippen molar-refractivity contribution in [2.45, 2.75) is 38.7 Å². The molecule has 0 spiro atoms. The third kappa shape index (κ3) is 5.94. The number of aromatic amines is 1. The molecule has 180 valence electrons. The van der Waals surface area contributed by atoms with Crippen molar-refractivity contribution in [2.24, 2.45) is 0 Å². The first-order chi connectivity index (χ1) is 16.0. The molecule has 0 bridgehead atoms. The van der Waals surface area contributed by atoms with Crippen molar-refractivity contribution in [2.75, 3.05) is 7.11 Å². The molecule has 0 aliphatic rings. The number of ketones is 1. The van der Waals surface area contributed by atoms with Crippen molar-refractivity contribution in [1.29, 1.82) is 0 Å². The fourth-order valence-corrected chi connectivity index (χ4v) is 4.86. The molecule has 0 saturated heterocycles. The molecule has 2 aromatic carbocycles. The first kappa shape index (κ1) is 25.3. The van der Waals surface area contributed by atoms with Crippen molar-refractivity contribution in [3.05, 3.63) is 86.9 Å². The average Bonchev–Trinajstić information content (AvgIpc) is 3.20. The van der Waals surface area contributed by atoms with E-state index in [2.05, 4.69) is 5.32 Å². The van der Waals surface area contributed by atoms with E-state index in [-0.39, 0.29) is 11.3 Å². The largest absolute Gasteiger partial charge is 0.380 e. The number of rotatable bonds is 9. The molecular weight excluding hydrogens is 462 g/mol. The van der Waals surface area contributed by atoms with Crippen LogP contribution in [-0.4, -0.2) is 32.0 Å². The molecular formula is C24H26F2N2O5Si. The predicted molar refractivity (Wildman–Crippen MR) is 125 cm³/mol. The summed E-state index contributed by atoms with van der Waals surface area (Å²) in [4.78, 5) is 37.1. The number of hydrogen-bond donors (Lipinski definition) is 2. The normalized spacial score (nSPS) is 12.4. The minimum Gasteiger partial charge on any atom is -0.380 e. The number of carbonyl (C=O) groups excluding carboxylic acids is 2. The second-order valence-electron chi connectivity index (χ2n) is 8.97. The van der Waals surface area contributed by atoms with E-state index in [1.54, 1.807) is 31.4 Å². The Hall–Kier alpha value is -3.37. The maximum atomic E-state index is 14.8. The monoisotopic (exact) mass is 488 g/mol. The Kier molecular flexibility index (Phi) is 7.63. The van der Waals surface area contributed by atoms with E-state index in [1.165, 1.54) is 0 Å². The molecule has 34 heavy (non-hydrogen) atoms. The van der Waals surface area contributed by atoms with Crippen LogP contribution in [0.15, 0.2) is 51.8 Å². The Labute approximate surface area is 196 Å². The quantitative estimate of drug-likeness (QED) is 0.451. The van der Waals surface area contributed by atoms with Gasteiger partial charge in [0.1, 0.15) is 17.7 Å². The molecule has 0 fully saturated rings. The lowest BCUT2D eigenvalue weighted by Gasteiger charge is -2.20. The van der Waals surface area contributed by atoms with Crippen LogP contribution in [0.2, 0.25) is 19.6 Å². The number of methoxy groups -OCH3 is 1. The van der Waals surface area contributed by atoms with Gasteiger partial charge >= 0.3 is 0 Å². The van der Waals surface area contributed by atoms with Gasteiger partial charge < -0.3 is 14.6 Å². The molecule has 0 aliphatic heterocycles. The molecule has 7 nitrogen and oxygen atoms in total. The number of aromatic nitrogens is 1. The number of hydrogen-bond acceptors (Lipinski definition) is 5. The van der Waals surface area contributed by atoms with E-state index >= 15 is 0 Å². The van der Waals surface area contributed by atoms with Crippen LogP contribution in [0.3, 0.4) is 0 Å². The van der Waals surface area contributed by atoms with Gasteiger partial charge in [0.25, 0.3) is 11.5 Å². The first-order valence-corrected chi connectivity index (χ1v) is 14.1. The third-order valence-electron chi connectivity index (χ3n) is 5.28. The fraction of sp³-hybridized carbons (Fsp3) is 0.292. The van der Waals surface area contributed by atoms with Crippen LogP contribution in [0.5, 0.6) is 0 Å². The van der Waals surface area contributed by atoms with Gasteiger partial charge in [-0.25, -0.2) is 8.78 Å². The van der Waals surface area contributed by atoms with Gasteiger partial charge in [-0.1, -0.05) is 43.9 Å². The maximum Gasteiger partial charge on any atom is 0.290 e. The molecule has 1 aromatic heterocycles. The van der Waals surface area contributed by atoms with E-state index in [1.807, 2.05) is 24.8 Å². The molecule has 3 rings (SSSR count). The van der Waals surface area contributed by atoms with Crippen LogP contribution in [0.4, 0.5) is 8.78 Å². The predicted octanol–water partition coefficient (Wildman–Crippen LogP) is 3.22. The van der Waals surface area contributed by atoms with Gasteiger partial charge in [-0.3, -0.25) is 14.4 Å². The zero-order valence-corrected chi connectivity index (χ0v) is 20.3. The van der Waals surface area contributed by atoms with Crippen LogP contribution >= 0.6 is 0 Å². The van der Waals surface area contributed by atoms with E-state index in [9.17, 15) is 23.2 Å². The summed E-state index contributed by atoms with van der Waals surface area (Å²) in [6.07, 6.45) is -0.448. The topological polar surface area (TPSA) is 101 Å². The summed E-state index contributed by atoms with van der Waals surface area (Å²) in [7, 11) is -0.574. The van der Waals surface area contributed by atoms with Crippen molar-refractivity contribution >= 4 is 25.0 Å². The number of amides is 1. The highest BCUT2D eigenvalue weighted by atomic mass is 28.3. The molecule has 10 heteroatoms. The molecule has 0 radical (unpaired) electrons. The van der Waals surface area contributed by atoms with Crippen molar-refractivity contribution in [3.63, 3.8) is 0 Å². The molecule has 1 heterocycles. The van der Waals surface area contributed by atoms with Crippen LogP contribution in [-0.2, 0) is 22.6 Å².